The van der Waals surface area contributed by atoms with E-state index in [-0.39, 0.29) is 11.8 Å². The summed E-state index contributed by atoms with van der Waals surface area (Å²) in [5.41, 5.74) is -0.228. The maximum absolute atomic E-state index is 13.7. The van der Waals surface area contributed by atoms with Gasteiger partial charge in [-0.3, -0.25) is 4.79 Å². The van der Waals surface area contributed by atoms with Crippen LogP contribution in [-0.2, 0) is 9.53 Å². The van der Waals surface area contributed by atoms with E-state index < -0.39 is 35.5 Å². The maximum atomic E-state index is 13.7. The Morgan fingerprint density at radius 3 is 2.15 bits per heavy atom. The number of amides is 2. The second-order valence-corrected chi connectivity index (χ2v) is 9.94. The molecule has 0 aromatic heterocycles. The number of nitrogens with zero attached hydrogens (tertiary/aromatic N) is 2. The molecule has 2 amide bonds. The second-order valence-electron chi connectivity index (χ2n) is 9.94. The van der Waals surface area contributed by atoms with Crippen molar-refractivity contribution in [2.45, 2.75) is 70.8 Å². The number of ether oxygens (including phenoxy) is 2. The van der Waals surface area contributed by atoms with E-state index in [4.69, 9.17) is 4.74 Å². The van der Waals surface area contributed by atoms with Crippen LogP contribution < -0.4 is 4.74 Å². The number of phenols is 1. The van der Waals surface area contributed by atoms with Gasteiger partial charge in [0.1, 0.15) is 5.60 Å². The number of phenolic OH excluding ortho intramolecular Hbond substituents is 1. The van der Waals surface area contributed by atoms with Crippen molar-refractivity contribution < 1.29 is 37.3 Å². The van der Waals surface area contributed by atoms with Crippen molar-refractivity contribution in [2.24, 2.45) is 5.92 Å². The number of rotatable bonds is 4. The molecule has 3 rings (SSSR count). The highest BCUT2D eigenvalue weighted by Crippen LogP contribution is 2.41. The molecule has 2 fully saturated rings. The van der Waals surface area contributed by atoms with Crippen LogP contribution in [0.25, 0.3) is 0 Å². The van der Waals surface area contributed by atoms with Crippen LogP contribution in [0, 0.1) is 5.92 Å². The molecule has 1 atom stereocenters. The zero-order valence-corrected chi connectivity index (χ0v) is 19.9. The largest absolute Gasteiger partial charge is 0.573 e. The molecule has 0 radical (unpaired) electrons. The van der Waals surface area contributed by atoms with E-state index in [9.17, 15) is 27.9 Å². The molecule has 1 heterocycles. The van der Waals surface area contributed by atoms with Crippen LogP contribution in [-0.4, -0.2) is 65.0 Å². The number of piperazine rings is 1. The quantitative estimate of drug-likeness (QED) is 0.646. The molecule has 0 bridgehead atoms. The molecular formula is C24H33F3N2O5. The molecule has 1 saturated carbocycles. The van der Waals surface area contributed by atoms with Crippen LogP contribution in [0.2, 0.25) is 0 Å². The highest BCUT2D eigenvalue weighted by atomic mass is 19.4. The molecule has 2 aliphatic rings. The smallest absolute Gasteiger partial charge is 0.504 e. The maximum Gasteiger partial charge on any atom is 0.573 e. The van der Waals surface area contributed by atoms with E-state index in [2.05, 4.69) is 4.74 Å². The highest BCUT2D eigenvalue weighted by molar-refractivity contribution is 5.84. The average Bonchev–Trinajstić information content (AvgIpc) is 2.75. The third-order valence-electron chi connectivity index (χ3n) is 6.20. The van der Waals surface area contributed by atoms with Crippen molar-refractivity contribution in [3.8, 4) is 11.5 Å². The third kappa shape index (κ3) is 6.93. The Bertz CT molecular complexity index is 870. The summed E-state index contributed by atoms with van der Waals surface area (Å²) in [4.78, 5) is 29.2. The van der Waals surface area contributed by atoms with Crippen molar-refractivity contribution in [1.29, 1.82) is 0 Å². The molecule has 7 nitrogen and oxygen atoms in total. The van der Waals surface area contributed by atoms with Gasteiger partial charge < -0.3 is 24.4 Å². The lowest BCUT2D eigenvalue weighted by molar-refractivity contribution is -0.275. The highest BCUT2D eigenvalue weighted by Gasteiger charge is 2.38. The summed E-state index contributed by atoms with van der Waals surface area (Å²) in [6.07, 6.45) is -0.844. The standard InChI is InChI=1S/C24H33F3N2O5/c1-23(2,3)34-22(32)29-13-11-28(12-14-29)21(31)20(16-7-5-4-6-8-16)17-9-10-18(30)19(15-17)33-24(25,26)27/h9-10,15-16,20,30H,4-8,11-14H2,1-3H3. The first-order valence-electron chi connectivity index (χ1n) is 11.7. The molecule has 1 aliphatic carbocycles. The molecule has 1 unspecified atom stereocenters. The first kappa shape index (κ1) is 26.0. The van der Waals surface area contributed by atoms with Gasteiger partial charge in [-0.25, -0.2) is 4.79 Å². The fourth-order valence-corrected chi connectivity index (χ4v) is 4.65. The average molecular weight is 487 g/mol. The van der Waals surface area contributed by atoms with E-state index in [1.54, 1.807) is 30.6 Å². The van der Waals surface area contributed by atoms with E-state index in [0.717, 1.165) is 44.2 Å². The molecule has 1 aliphatic heterocycles. The minimum Gasteiger partial charge on any atom is -0.504 e. The summed E-state index contributed by atoms with van der Waals surface area (Å²) in [6.45, 7) is 6.61. The summed E-state index contributed by atoms with van der Waals surface area (Å²) >= 11 is 0. The number of benzene rings is 1. The van der Waals surface area contributed by atoms with Gasteiger partial charge >= 0.3 is 12.5 Å². The lowest BCUT2D eigenvalue weighted by Crippen LogP contribution is -2.53. The summed E-state index contributed by atoms with van der Waals surface area (Å²) in [5, 5.41) is 9.87. The van der Waals surface area contributed by atoms with Gasteiger partial charge in [0, 0.05) is 26.2 Å². The summed E-state index contributed by atoms with van der Waals surface area (Å²) < 4.78 is 47.8. The van der Waals surface area contributed by atoms with E-state index in [1.165, 1.54) is 6.07 Å². The Balaban J connectivity index is 1.79. The Morgan fingerprint density at radius 2 is 1.59 bits per heavy atom. The lowest BCUT2D eigenvalue weighted by atomic mass is 9.76. The van der Waals surface area contributed by atoms with Gasteiger partial charge in [0.2, 0.25) is 5.91 Å². The van der Waals surface area contributed by atoms with E-state index in [0.29, 0.717) is 31.7 Å². The van der Waals surface area contributed by atoms with Gasteiger partial charge in [0.05, 0.1) is 5.92 Å². The van der Waals surface area contributed by atoms with Gasteiger partial charge in [-0.1, -0.05) is 25.3 Å². The van der Waals surface area contributed by atoms with Crippen molar-refractivity contribution in [3.63, 3.8) is 0 Å². The molecule has 0 spiro atoms. The minimum absolute atomic E-state index is 0.0200. The molecule has 1 N–H and O–H groups in total. The number of hydrogen-bond donors (Lipinski definition) is 1. The molecular weight excluding hydrogens is 453 g/mol. The Kier molecular flexibility index (Phi) is 7.88. The lowest BCUT2D eigenvalue weighted by Gasteiger charge is -2.39. The van der Waals surface area contributed by atoms with Gasteiger partial charge in [-0.2, -0.15) is 0 Å². The normalized spacial score (nSPS) is 19.0. The topological polar surface area (TPSA) is 79.3 Å². The van der Waals surface area contributed by atoms with Crippen LogP contribution in [0.1, 0.15) is 64.4 Å². The number of carbonyl (C=O) groups is 2. The Labute approximate surface area is 197 Å². The monoisotopic (exact) mass is 486 g/mol. The van der Waals surface area contributed by atoms with Crippen LogP contribution in [0.15, 0.2) is 18.2 Å². The first-order chi connectivity index (χ1) is 15.8. The van der Waals surface area contributed by atoms with Crippen molar-refractivity contribution in [3.05, 3.63) is 23.8 Å². The van der Waals surface area contributed by atoms with Crippen LogP contribution >= 0.6 is 0 Å². The van der Waals surface area contributed by atoms with Crippen LogP contribution in [0.4, 0.5) is 18.0 Å². The fourth-order valence-electron chi connectivity index (χ4n) is 4.65. The Hall–Kier alpha value is -2.65. The Morgan fingerprint density at radius 1 is 1.00 bits per heavy atom. The van der Waals surface area contributed by atoms with Crippen molar-refractivity contribution >= 4 is 12.0 Å². The number of halogens is 3. The zero-order valence-electron chi connectivity index (χ0n) is 19.9. The number of carbonyl (C=O) groups excluding carboxylic acids is 2. The van der Waals surface area contributed by atoms with Gasteiger partial charge in [0.15, 0.2) is 11.5 Å². The molecule has 1 aromatic carbocycles. The fraction of sp³-hybridized carbons (Fsp3) is 0.667. The van der Waals surface area contributed by atoms with Crippen LogP contribution in [0.3, 0.4) is 0 Å². The first-order valence-corrected chi connectivity index (χ1v) is 11.7. The van der Waals surface area contributed by atoms with Crippen molar-refractivity contribution in [1.82, 2.24) is 9.80 Å². The minimum atomic E-state index is -4.96. The number of hydrogen-bond acceptors (Lipinski definition) is 5. The van der Waals surface area contributed by atoms with Gasteiger partial charge in [-0.05, 0) is 57.2 Å². The predicted octanol–water partition coefficient (Wildman–Crippen LogP) is 5.03. The van der Waals surface area contributed by atoms with Crippen molar-refractivity contribution in [2.75, 3.05) is 26.2 Å². The second kappa shape index (κ2) is 10.3. The number of alkyl halides is 3. The third-order valence-corrected chi connectivity index (χ3v) is 6.20. The van der Waals surface area contributed by atoms with E-state index >= 15 is 0 Å². The predicted molar refractivity (Wildman–Crippen MR) is 118 cm³/mol. The summed E-state index contributed by atoms with van der Waals surface area (Å²) in [6, 6.07) is 3.75. The number of aromatic hydroxyl groups is 1. The molecule has 1 saturated heterocycles. The molecule has 10 heteroatoms. The van der Waals surface area contributed by atoms with E-state index in [1.807, 2.05) is 0 Å². The summed E-state index contributed by atoms with van der Waals surface area (Å²) in [5.74, 6) is -2.20. The SMILES string of the molecule is CC(C)(C)OC(=O)N1CCN(C(=O)C(c2ccc(O)c(OC(F)(F)F)c2)C2CCCCC2)CC1. The molecule has 1 aromatic rings. The molecule has 34 heavy (non-hydrogen) atoms. The summed E-state index contributed by atoms with van der Waals surface area (Å²) in [7, 11) is 0. The molecule has 190 valence electrons. The van der Waals surface area contributed by atoms with Gasteiger partial charge in [-0.15, -0.1) is 13.2 Å². The zero-order chi connectivity index (χ0) is 25.1. The van der Waals surface area contributed by atoms with Crippen LogP contribution in [0.5, 0.6) is 11.5 Å². The van der Waals surface area contributed by atoms with Gasteiger partial charge in [0.25, 0.3) is 0 Å².